The molecule has 1 saturated heterocycles. The first-order chi connectivity index (χ1) is 13.6. The summed E-state index contributed by atoms with van der Waals surface area (Å²) in [5, 5.41) is 11.8. The van der Waals surface area contributed by atoms with Crippen molar-refractivity contribution in [2.75, 3.05) is 27.3 Å². The molecule has 2 bridgehead atoms. The molecule has 0 spiro atoms. The van der Waals surface area contributed by atoms with E-state index in [-0.39, 0.29) is 11.8 Å². The van der Waals surface area contributed by atoms with Crippen LogP contribution in [0.2, 0.25) is 0 Å². The third kappa shape index (κ3) is 3.27. The van der Waals surface area contributed by atoms with E-state index in [4.69, 9.17) is 9.47 Å². The van der Waals surface area contributed by atoms with Gasteiger partial charge in [0.1, 0.15) is 17.1 Å². The highest BCUT2D eigenvalue weighted by Gasteiger charge is 2.52. The molecule has 150 valence electrons. The van der Waals surface area contributed by atoms with Gasteiger partial charge in [0, 0.05) is 49.3 Å². The van der Waals surface area contributed by atoms with Gasteiger partial charge in [0.15, 0.2) is 0 Å². The molecule has 2 aliphatic rings. The van der Waals surface area contributed by atoms with E-state index < -0.39 is 5.60 Å². The fraction of sp³-hybridized carbons (Fsp3) is 0.522. The van der Waals surface area contributed by atoms with Crippen LogP contribution in [-0.4, -0.2) is 42.3 Å². The molecule has 2 unspecified atom stereocenters. The van der Waals surface area contributed by atoms with Gasteiger partial charge in [-0.2, -0.15) is 0 Å². The first-order valence-electron chi connectivity index (χ1n) is 10.1. The molecule has 2 atom stereocenters. The Bertz CT molecular complexity index is 824. The number of likely N-dealkylation sites (tertiary alicyclic amines) is 1. The third-order valence-corrected chi connectivity index (χ3v) is 6.58. The van der Waals surface area contributed by atoms with Crippen molar-refractivity contribution in [2.24, 2.45) is 11.8 Å². The van der Waals surface area contributed by atoms with Crippen LogP contribution in [0.15, 0.2) is 36.5 Å². The zero-order chi connectivity index (χ0) is 19.7. The minimum atomic E-state index is -0.815. The second-order valence-corrected chi connectivity index (χ2v) is 8.19. The van der Waals surface area contributed by atoms with Crippen LogP contribution in [0.1, 0.15) is 36.1 Å². The second-order valence-electron chi connectivity index (χ2n) is 8.19. The lowest BCUT2D eigenvalue weighted by Crippen LogP contribution is -2.58. The predicted molar refractivity (Wildman–Crippen MR) is 109 cm³/mol. The summed E-state index contributed by atoms with van der Waals surface area (Å²) < 4.78 is 10.9. The van der Waals surface area contributed by atoms with Crippen molar-refractivity contribution in [2.45, 2.75) is 38.3 Å². The molecule has 2 aromatic rings. The van der Waals surface area contributed by atoms with Crippen LogP contribution < -0.4 is 9.47 Å². The number of pyridine rings is 1. The lowest BCUT2D eigenvalue weighted by atomic mass is 9.63. The molecule has 2 heterocycles. The fourth-order valence-electron chi connectivity index (χ4n) is 5.19. The number of aliphatic hydroxyl groups is 1. The van der Waals surface area contributed by atoms with Gasteiger partial charge in [-0.1, -0.05) is 18.6 Å². The number of hydrogen-bond donors (Lipinski definition) is 1. The van der Waals surface area contributed by atoms with Crippen LogP contribution in [0.3, 0.4) is 0 Å². The minimum absolute atomic E-state index is 0.206. The highest BCUT2D eigenvalue weighted by atomic mass is 16.5. The number of methoxy groups -OCH3 is 2. The van der Waals surface area contributed by atoms with Crippen LogP contribution in [0.4, 0.5) is 0 Å². The Morgan fingerprint density at radius 2 is 1.89 bits per heavy atom. The summed E-state index contributed by atoms with van der Waals surface area (Å²) in [7, 11) is 3.37. The smallest absolute Gasteiger partial charge is 0.127 e. The molecule has 4 rings (SSSR count). The zero-order valence-corrected chi connectivity index (χ0v) is 17.0. The summed E-state index contributed by atoms with van der Waals surface area (Å²) in [5.41, 5.74) is 2.31. The zero-order valence-electron chi connectivity index (χ0n) is 17.0. The molecule has 0 radical (unpaired) electrons. The van der Waals surface area contributed by atoms with Crippen molar-refractivity contribution < 1.29 is 14.6 Å². The number of benzene rings is 1. The van der Waals surface area contributed by atoms with E-state index >= 15 is 0 Å². The minimum Gasteiger partial charge on any atom is -0.497 e. The van der Waals surface area contributed by atoms with Gasteiger partial charge < -0.3 is 14.6 Å². The molecule has 28 heavy (non-hydrogen) atoms. The number of ether oxygens (including phenoxy) is 2. The highest BCUT2D eigenvalue weighted by Crippen LogP contribution is 2.49. The number of nitrogens with zero attached hydrogens (tertiary/aromatic N) is 2. The lowest BCUT2D eigenvalue weighted by molar-refractivity contribution is -0.151. The molecule has 0 amide bonds. The van der Waals surface area contributed by atoms with Crippen LogP contribution >= 0.6 is 0 Å². The van der Waals surface area contributed by atoms with Gasteiger partial charge in [0.05, 0.1) is 19.9 Å². The highest BCUT2D eigenvalue weighted by molar-refractivity contribution is 5.40. The lowest BCUT2D eigenvalue weighted by Gasteiger charge is -2.53. The first kappa shape index (κ1) is 19.2. The molecule has 1 aromatic heterocycles. The van der Waals surface area contributed by atoms with E-state index in [1.807, 2.05) is 24.4 Å². The third-order valence-electron chi connectivity index (χ3n) is 6.58. The van der Waals surface area contributed by atoms with Crippen molar-refractivity contribution in [1.82, 2.24) is 9.88 Å². The number of piperidine rings is 1. The Balaban J connectivity index is 1.58. The van der Waals surface area contributed by atoms with Gasteiger partial charge in [-0.3, -0.25) is 9.88 Å². The average molecular weight is 383 g/mol. The van der Waals surface area contributed by atoms with E-state index in [0.717, 1.165) is 60.8 Å². The Morgan fingerprint density at radius 1 is 1.14 bits per heavy atom. The van der Waals surface area contributed by atoms with E-state index in [0.29, 0.717) is 0 Å². The van der Waals surface area contributed by atoms with Gasteiger partial charge in [-0.15, -0.1) is 0 Å². The molecular weight excluding hydrogens is 352 g/mol. The summed E-state index contributed by atoms with van der Waals surface area (Å²) in [6, 6.07) is 10.0. The van der Waals surface area contributed by atoms with Gasteiger partial charge in [0.2, 0.25) is 0 Å². The van der Waals surface area contributed by atoms with Gasteiger partial charge in [0.25, 0.3) is 0 Å². The van der Waals surface area contributed by atoms with Gasteiger partial charge in [-0.25, -0.2) is 0 Å². The van der Waals surface area contributed by atoms with Gasteiger partial charge in [-0.05, 0) is 37.5 Å². The number of aromatic nitrogens is 1. The Labute approximate surface area is 167 Å². The van der Waals surface area contributed by atoms with E-state index in [1.165, 1.54) is 6.42 Å². The van der Waals surface area contributed by atoms with Crippen LogP contribution in [0, 0.1) is 18.8 Å². The van der Waals surface area contributed by atoms with Crippen molar-refractivity contribution in [1.29, 1.82) is 0 Å². The first-order valence-corrected chi connectivity index (χ1v) is 10.1. The molecule has 5 nitrogen and oxygen atoms in total. The SMILES string of the molecule is COc1ccc(CN2CC3CCCC(C2)C3(O)c2ncccc2C)c(OC)c1. The molecule has 5 heteroatoms. The van der Waals surface area contributed by atoms with E-state index in [1.54, 1.807) is 14.2 Å². The largest absolute Gasteiger partial charge is 0.497 e. The average Bonchev–Trinajstić information content (AvgIpc) is 2.69. The maximum Gasteiger partial charge on any atom is 0.127 e. The van der Waals surface area contributed by atoms with Crippen LogP contribution in [0.5, 0.6) is 11.5 Å². The molecule has 1 aliphatic carbocycles. The number of aryl methyl sites for hydroxylation is 1. The Hall–Kier alpha value is -2.11. The fourth-order valence-corrected chi connectivity index (χ4v) is 5.19. The van der Waals surface area contributed by atoms with Crippen LogP contribution in [0.25, 0.3) is 0 Å². The summed E-state index contributed by atoms with van der Waals surface area (Å²) in [6.07, 6.45) is 5.08. The summed E-state index contributed by atoms with van der Waals surface area (Å²) in [4.78, 5) is 7.07. The van der Waals surface area contributed by atoms with E-state index in [2.05, 4.69) is 28.9 Å². The topological polar surface area (TPSA) is 54.8 Å². The number of fused-ring (bicyclic) bond motifs is 2. The number of rotatable bonds is 5. The molecule has 1 aliphatic heterocycles. The predicted octanol–water partition coefficient (Wildman–Crippen LogP) is 3.53. The summed E-state index contributed by atoms with van der Waals surface area (Å²) in [6.45, 7) is 4.62. The molecule has 2 fully saturated rings. The molecular formula is C23H30N2O3. The van der Waals surface area contributed by atoms with Crippen molar-refractivity contribution in [3.63, 3.8) is 0 Å². The van der Waals surface area contributed by atoms with Crippen molar-refractivity contribution in [3.05, 3.63) is 53.3 Å². The van der Waals surface area contributed by atoms with Gasteiger partial charge >= 0.3 is 0 Å². The molecule has 1 N–H and O–H groups in total. The number of hydrogen-bond acceptors (Lipinski definition) is 5. The molecule has 1 saturated carbocycles. The second kappa shape index (κ2) is 7.72. The standard InChI is InChI=1S/C23H30N2O3/c1-16-6-5-11-24-22(16)23(26)18-7-4-8-19(23)15-25(14-18)13-17-9-10-20(27-2)12-21(17)28-3/h5-6,9-12,18-19,26H,4,7-8,13-15H2,1-3H3. The van der Waals surface area contributed by atoms with Crippen molar-refractivity contribution >= 4 is 0 Å². The normalized spacial score (nSPS) is 27.4. The Morgan fingerprint density at radius 3 is 2.54 bits per heavy atom. The Kier molecular flexibility index (Phi) is 5.30. The molecule has 1 aromatic carbocycles. The maximum atomic E-state index is 11.8. The van der Waals surface area contributed by atoms with Crippen LogP contribution in [-0.2, 0) is 12.1 Å². The summed E-state index contributed by atoms with van der Waals surface area (Å²) >= 11 is 0. The van der Waals surface area contributed by atoms with Crippen molar-refractivity contribution in [3.8, 4) is 11.5 Å². The monoisotopic (exact) mass is 382 g/mol. The van der Waals surface area contributed by atoms with E-state index in [9.17, 15) is 5.11 Å². The quantitative estimate of drug-likeness (QED) is 0.857. The maximum absolute atomic E-state index is 11.8. The summed E-state index contributed by atoms with van der Waals surface area (Å²) in [5.74, 6) is 2.07.